The predicted octanol–water partition coefficient (Wildman–Crippen LogP) is 5.44. The molecule has 3 nitrogen and oxygen atoms in total. The van der Waals surface area contributed by atoms with E-state index in [-0.39, 0.29) is 23.5 Å². The number of hydrogen-bond acceptors (Lipinski definition) is 3. The van der Waals surface area contributed by atoms with Gasteiger partial charge in [0.15, 0.2) is 11.6 Å². The van der Waals surface area contributed by atoms with Gasteiger partial charge in [-0.15, -0.1) is 0 Å². The minimum absolute atomic E-state index is 0.0466. The molecule has 156 valence electrons. The van der Waals surface area contributed by atoms with Crippen molar-refractivity contribution < 1.29 is 27.8 Å². The van der Waals surface area contributed by atoms with Crippen molar-refractivity contribution in [2.75, 3.05) is 13.7 Å². The largest absolute Gasteiger partial charge is 0.496 e. The number of ether oxygens (including phenoxy) is 2. The van der Waals surface area contributed by atoms with Crippen LogP contribution < -0.4 is 4.74 Å². The Morgan fingerprint density at radius 2 is 1.83 bits per heavy atom. The van der Waals surface area contributed by atoms with Gasteiger partial charge in [-0.2, -0.15) is 0 Å². The van der Waals surface area contributed by atoms with Crippen LogP contribution in [0.2, 0.25) is 0 Å². The lowest BCUT2D eigenvalue weighted by molar-refractivity contribution is 0.0683. The summed E-state index contributed by atoms with van der Waals surface area (Å²) in [5.74, 6) is -3.84. The molecule has 0 aromatic heterocycles. The maximum Gasteiger partial charge on any atom is 0.213 e. The van der Waals surface area contributed by atoms with Crippen LogP contribution in [0.25, 0.3) is 5.57 Å². The smallest absolute Gasteiger partial charge is 0.213 e. The second-order valence-corrected chi connectivity index (χ2v) is 7.37. The van der Waals surface area contributed by atoms with Gasteiger partial charge in [-0.3, -0.25) is 0 Å². The minimum atomic E-state index is -1.54. The molecule has 2 aromatic carbocycles. The van der Waals surface area contributed by atoms with Crippen molar-refractivity contribution in [3.8, 4) is 5.75 Å². The summed E-state index contributed by atoms with van der Waals surface area (Å²) in [6.07, 6.45) is 1.98. The van der Waals surface area contributed by atoms with Gasteiger partial charge in [0.1, 0.15) is 18.2 Å². The summed E-state index contributed by atoms with van der Waals surface area (Å²) in [5.41, 5.74) is 1.82. The van der Waals surface area contributed by atoms with E-state index in [1.54, 1.807) is 6.92 Å². The highest BCUT2D eigenvalue weighted by atomic mass is 19.2. The first-order chi connectivity index (χ1) is 13.7. The average molecular weight is 406 g/mol. The van der Waals surface area contributed by atoms with E-state index in [0.29, 0.717) is 28.7 Å². The number of epoxide rings is 1. The Morgan fingerprint density at radius 1 is 1.14 bits per heavy atom. The Bertz CT molecular complexity index is 962. The standard InChI is InChI=1S/C23H25F3O3/c1-5-6-7-18(23(27)12-29-23)20(16-9-8-15(24)10-13(16)2)17-11-19(28-4)14(3)21(25)22(17)26/h8-11,27H,5-7,12H2,1-4H3/b20-18-. The fraction of sp³-hybridized carbons (Fsp3) is 0.391. The van der Waals surface area contributed by atoms with Crippen LogP contribution in [-0.4, -0.2) is 24.6 Å². The number of halogens is 3. The highest BCUT2D eigenvalue weighted by molar-refractivity contribution is 5.85. The van der Waals surface area contributed by atoms with Gasteiger partial charge in [0, 0.05) is 11.1 Å². The van der Waals surface area contributed by atoms with Crippen molar-refractivity contribution >= 4 is 5.57 Å². The van der Waals surface area contributed by atoms with Crippen LogP contribution in [0, 0.1) is 31.3 Å². The normalized spacial score (nSPS) is 19.2. The van der Waals surface area contributed by atoms with Gasteiger partial charge in [-0.05, 0) is 67.2 Å². The van der Waals surface area contributed by atoms with E-state index >= 15 is 4.39 Å². The van der Waals surface area contributed by atoms with Gasteiger partial charge < -0.3 is 14.6 Å². The van der Waals surface area contributed by atoms with Crippen LogP contribution in [0.4, 0.5) is 13.2 Å². The molecule has 1 atom stereocenters. The van der Waals surface area contributed by atoms with Crippen molar-refractivity contribution in [3.63, 3.8) is 0 Å². The summed E-state index contributed by atoms with van der Waals surface area (Å²) in [5, 5.41) is 10.8. The molecule has 1 unspecified atom stereocenters. The molecule has 1 saturated heterocycles. The quantitative estimate of drug-likeness (QED) is 0.623. The van der Waals surface area contributed by atoms with Gasteiger partial charge >= 0.3 is 0 Å². The zero-order valence-electron chi connectivity index (χ0n) is 17.0. The van der Waals surface area contributed by atoms with Crippen LogP contribution in [0.15, 0.2) is 29.8 Å². The van der Waals surface area contributed by atoms with E-state index < -0.39 is 23.2 Å². The molecule has 29 heavy (non-hydrogen) atoms. The molecule has 1 N–H and O–H groups in total. The maximum atomic E-state index is 15.2. The minimum Gasteiger partial charge on any atom is -0.496 e. The molecule has 0 saturated carbocycles. The molecular formula is C23H25F3O3. The fourth-order valence-electron chi connectivity index (χ4n) is 3.58. The summed E-state index contributed by atoms with van der Waals surface area (Å²) >= 11 is 0. The third-order valence-corrected chi connectivity index (χ3v) is 5.32. The third kappa shape index (κ3) is 4.05. The topological polar surface area (TPSA) is 42.0 Å². The summed E-state index contributed by atoms with van der Waals surface area (Å²) in [6.45, 7) is 5.19. The van der Waals surface area contributed by atoms with Gasteiger partial charge in [-0.1, -0.05) is 19.4 Å². The second kappa shape index (κ2) is 8.20. The summed E-state index contributed by atoms with van der Waals surface area (Å²) in [7, 11) is 1.38. The van der Waals surface area contributed by atoms with Crippen LogP contribution in [-0.2, 0) is 4.74 Å². The van der Waals surface area contributed by atoms with Crippen molar-refractivity contribution in [3.05, 3.63) is 69.5 Å². The summed E-state index contributed by atoms with van der Waals surface area (Å²) in [4.78, 5) is 0. The molecule has 6 heteroatoms. The Labute approximate surface area is 168 Å². The Hall–Kier alpha value is -2.31. The lowest BCUT2D eigenvalue weighted by atomic mass is 9.85. The highest BCUT2D eigenvalue weighted by Crippen LogP contribution is 2.44. The van der Waals surface area contributed by atoms with Gasteiger partial charge in [0.2, 0.25) is 5.79 Å². The van der Waals surface area contributed by atoms with Gasteiger partial charge in [0.05, 0.1) is 7.11 Å². The van der Waals surface area contributed by atoms with Crippen molar-refractivity contribution in [2.45, 2.75) is 45.8 Å². The summed E-state index contributed by atoms with van der Waals surface area (Å²) in [6, 6.07) is 5.52. The second-order valence-electron chi connectivity index (χ2n) is 7.37. The molecule has 0 amide bonds. The van der Waals surface area contributed by atoms with Crippen molar-refractivity contribution in [2.24, 2.45) is 0 Å². The maximum absolute atomic E-state index is 15.2. The highest BCUT2D eigenvalue weighted by Gasteiger charge is 2.48. The SMILES string of the molecule is CCCC/C(=C(\c1ccc(F)cc1C)c1cc(OC)c(C)c(F)c1F)C1(O)CO1. The van der Waals surface area contributed by atoms with E-state index in [2.05, 4.69) is 0 Å². The van der Waals surface area contributed by atoms with Gasteiger partial charge in [-0.25, -0.2) is 13.2 Å². The third-order valence-electron chi connectivity index (χ3n) is 5.32. The molecule has 1 heterocycles. The zero-order chi connectivity index (χ0) is 21.3. The van der Waals surface area contributed by atoms with Crippen molar-refractivity contribution in [1.29, 1.82) is 0 Å². The number of benzene rings is 2. The van der Waals surface area contributed by atoms with E-state index in [0.717, 1.165) is 12.8 Å². The number of methoxy groups -OCH3 is 1. The predicted molar refractivity (Wildman–Crippen MR) is 105 cm³/mol. The van der Waals surface area contributed by atoms with E-state index in [9.17, 15) is 13.9 Å². The van der Waals surface area contributed by atoms with Crippen LogP contribution in [0.1, 0.15) is 48.4 Å². The molecule has 2 aromatic rings. The molecule has 0 bridgehead atoms. The van der Waals surface area contributed by atoms with E-state index in [1.165, 1.54) is 38.3 Å². The first-order valence-electron chi connectivity index (χ1n) is 9.63. The number of unbranched alkanes of at least 4 members (excludes halogenated alkanes) is 1. The Kier molecular flexibility index (Phi) is 6.05. The van der Waals surface area contributed by atoms with Crippen LogP contribution >= 0.6 is 0 Å². The molecule has 1 aliphatic heterocycles. The molecule has 0 aliphatic carbocycles. The average Bonchev–Trinajstić information content (AvgIpc) is 3.43. The Balaban J connectivity index is 2.38. The molecular weight excluding hydrogens is 381 g/mol. The lowest BCUT2D eigenvalue weighted by Crippen LogP contribution is -2.17. The van der Waals surface area contributed by atoms with E-state index in [4.69, 9.17) is 9.47 Å². The number of aryl methyl sites for hydroxylation is 1. The Morgan fingerprint density at radius 3 is 2.38 bits per heavy atom. The van der Waals surface area contributed by atoms with Crippen LogP contribution in [0.3, 0.4) is 0 Å². The zero-order valence-corrected chi connectivity index (χ0v) is 17.0. The number of hydrogen-bond donors (Lipinski definition) is 1. The van der Waals surface area contributed by atoms with Crippen molar-refractivity contribution in [1.82, 2.24) is 0 Å². The molecule has 1 fully saturated rings. The molecule has 0 spiro atoms. The molecule has 1 aliphatic rings. The first kappa shape index (κ1) is 21.4. The fourth-order valence-corrected chi connectivity index (χ4v) is 3.58. The monoisotopic (exact) mass is 406 g/mol. The van der Waals surface area contributed by atoms with Gasteiger partial charge in [0.25, 0.3) is 0 Å². The van der Waals surface area contributed by atoms with Crippen LogP contribution in [0.5, 0.6) is 5.75 Å². The first-order valence-corrected chi connectivity index (χ1v) is 9.63. The lowest BCUT2D eigenvalue weighted by Gasteiger charge is -2.22. The molecule has 0 radical (unpaired) electrons. The van der Waals surface area contributed by atoms with E-state index in [1.807, 2.05) is 6.92 Å². The number of aliphatic hydroxyl groups is 1. The summed E-state index contributed by atoms with van der Waals surface area (Å²) < 4.78 is 54.1. The number of rotatable bonds is 7. The molecule has 3 rings (SSSR count).